The first-order valence-electron chi connectivity index (χ1n) is 5.95. The van der Waals surface area contributed by atoms with Crippen LogP contribution in [0.5, 0.6) is 5.75 Å². The number of hydrogen-bond acceptors (Lipinski definition) is 4. The molecule has 0 spiro atoms. The zero-order valence-corrected chi connectivity index (χ0v) is 11.9. The Bertz CT molecular complexity index is 621. The maximum atomic E-state index is 12.5. The molecule has 0 aliphatic heterocycles. The molecule has 2 rings (SSSR count). The van der Waals surface area contributed by atoms with E-state index in [9.17, 15) is 13.6 Å². The molecule has 1 amide bonds. The highest BCUT2D eigenvalue weighted by molar-refractivity contribution is 7.99. The molecule has 0 fully saturated rings. The van der Waals surface area contributed by atoms with Crippen LogP contribution in [0.2, 0.25) is 0 Å². The molecule has 7 heteroatoms. The van der Waals surface area contributed by atoms with Gasteiger partial charge in [0.15, 0.2) is 0 Å². The Hall–Kier alpha value is -2.15. The lowest BCUT2D eigenvalue weighted by molar-refractivity contribution is 0.102. The average molecular weight is 310 g/mol. The standard InChI is InChI=1S/C14H12F2N2O2S/c1-20-10-6-4-9(5-7-10)18-12(19)11-3-2-8-17-13(11)21-14(15)16/h2-8,14H,1H3,(H,18,19). The molecule has 0 saturated heterocycles. The summed E-state index contributed by atoms with van der Waals surface area (Å²) in [5.74, 6) is -2.47. The first-order valence-corrected chi connectivity index (χ1v) is 6.83. The molecule has 1 aromatic carbocycles. The molecule has 0 saturated carbocycles. The predicted octanol–water partition coefficient (Wildman–Crippen LogP) is 3.66. The first-order chi connectivity index (χ1) is 10.1. The van der Waals surface area contributed by atoms with E-state index in [1.807, 2.05) is 0 Å². The fraction of sp³-hybridized carbons (Fsp3) is 0.143. The van der Waals surface area contributed by atoms with E-state index in [-0.39, 0.29) is 22.4 Å². The number of carbonyl (C=O) groups excluding carboxylic acids is 1. The largest absolute Gasteiger partial charge is 0.497 e. The van der Waals surface area contributed by atoms with Crippen molar-refractivity contribution in [3.8, 4) is 5.75 Å². The fourth-order valence-corrected chi connectivity index (χ4v) is 2.19. The molecule has 110 valence electrons. The first kappa shape index (κ1) is 15.2. The number of benzene rings is 1. The molecule has 0 unspecified atom stereocenters. The van der Waals surface area contributed by atoms with Crippen molar-refractivity contribution in [1.29, 1.82) is 0 Å². The second-order valence-corrected chi connectivity index (χ2v) is 4.90. The van der Waals surface area contributed by atoms with Gasteiger partial charge in [-0.3, -0.25) is 4.79 Å². The monoisotopic (exact) mass is 310 g/mol. The molecule has 4 nitrogen and oxygen atoms in total. The highest BCUT2D eigenvalue weighted by atomic mass is 32.2. The second-order valence-electron chi connectivity index (χ2n) is 3.92. The van der Waals surface area contributed by atoms with Crippen LogP contribution in [-0.2, 0) is 0 Å². The molecule has 0 radical (unpaired) electrons. The maximum Gasteiger partial charge on any atom is 0.290 e. The zero-order valence-electron chi connectivity index (χ0n) is 11.0. The highest BCUT2D eigenvalue weighted by Crippen LogP contribution is 2.27. The van der Waals surface area contributed by atoms with Gasteiger partial charge in [-0.15, -0.1) is 0 Å². The summed E-state index contributed by atoms with van der Waals surface area (Å²) in [6.07, 6.45) is 1.37. The van der Waals surface area contributed by atoms with E-state index in [1.54, 1.807) is 24.3 Å². The molecule has 1 N–H and O–H groups in total. The fourth-order valence-electron chi connectivity index (χ4n) is 1.61. The summed E-state index contributed by atoms with van der Waals surface area (Å²) in [5, 5.41) is 2.63. The van der Waals surface area contributed by atoms with E-state index in [4.69, 9.17) is 4.74 Å². The van der Waals surface area contributed by atoms with Gasteiger partial charge >= 0.3 is 0 Å². The number of thioether (sulfide) groups is 1. The van der Waals surface area contributed by atoms with E-state index < -0.39 is 11.7 Å². The molecule has 0 atom stereocenters. The van der Waals surface area contributed by atoms with Gasteiger partial charge in [0.1, 0.15) is 10.8 Å². The number of ether oxygens (including phenoxy) is 1. The summed E-state index contributed by atoms with van der Waals surface area (Å²) in [6.45, 7) is 0. The van der Waals surface area contributed by atoms with Crippen LogP contribution < -0.4 is 10.1 Å². The van der Waals surface area contributed by atoms with Gasteiger partial charge in [0.25, 0.3) is 11.7 Å². The van der Waals surface area contributed by atoms with Crippen molar-refractivity contribution < 1.29 is 18.3 Å². The van der Waals surface area contributed by atoms with Crippen LogP contribution in [-0.4, -0.2) is 23.8 Å². The number of halogens is 2. The lowest BCUT2D eigenvalue weighted by atomic mass is 10.2. The minimum atomic E-state index is -2.63. The molecule has 0 aliphatic rings. The summed E-state index contributed by atoms with van der Waals surface area (Å²) < 4.78 is 29.9. The Morgan fingerprint density at radius 3 is 2.62 bits per heavy atom. The van der Waals surface area contributed by atoms with Gasteiger partial charge in [0.2, 0.25) is 0 Å². The van der Waals surface area contributed by atoms with Crippen LogP contribution in [0.25, 0.3) is 0 Å². The summed E-state index contributed by atoms with van der Waals surface area (Å²) >= 11 is 0.245. The van der Waals surface area contributed by atoms with Crippen molar-refractivity contribution in [2.75, 3.05) is 12.4 Å². The highest BCUT2D eigenvalue weighted by Gasteiger charge is 2.16. The summed E-state index contributed by atoms with van der Waals surface area (Å²) in [7, 11) is 1.54. The van der Waals surface area contributed by atoms with E-state index >= 15 is 0 Å². The van der Waals surface area contributed by atoms with Crippen molar-refractivity contribution in [2.45, 2.75) is 10.8 Å². The third-order valence-corrected chi connectivity index (χ3v) is 3.29. The van der Waals surface area contributed by atoms with Crippen molar-refractivity contribution in [3.05, 3.63) is 48.2 Å². The Labute approximate surface area is 124 Å². The number of nitrogens with zero attached hydrogens (tertiary/aromatic N) is 1. The minimum absolute atomic E-state index is 0.00138. The summed E-state index contributed by atoms with van der Waals surface area (Å²) in [6, 6.07) is 9.68. The van der Waals surface area contributed by atoms with Crippen molar-refractivity contribution in [2.24, 2.45) is 0 Å². The number of anilines is 1. The maximum absolute atomic E-state index is 12.5. The zero-order chi connectivity index (χ0) is 15.2. The van der Waals surface area contributed by atoms with Crippen molar-refractivity contribution in [3.63, 3.8) is 0 Å². The van der Waals surface area contributed by atoms with Gasteiger partial charge < -0.3 is 10.1 Å². The number of aromatic nitrogens is 1. The van der Waals surface area contributed by atoms with Gasteiger partial charge in [0.05, 0.1) is 12.7 Å². The van der Waals surface area contributed by atoms with Crippen LogP contribution in [0, 0.1) is 0 Å². The smallest absolute Gasteiger partial charge is 0.290 e. The van der Waals surface area contributed by atoms with Crippen LogP contribution in [0.1, 0.15) is 10.4 Å². The summed E-state index contributed by atoms with van der Waals surface area (Å²) in [4.78, 5) is 15.9. The molecular weight excluding hydrogens is 298 g/mol. The number of pyridine rings is 1. The average Bonchev–Trinajstić information content (AvgIpc) is 2.48. The molecular formula is C14H12F2N2O2S. The minimum Gasteiger partial charge on any atom is -0.497 e. The number of alkyl halides is 2. The topological polar surface area (TPSA) is 51.2 Å². The third-order valence-electron chi connectivity index (χ3n) is 2.56. The van der Waals surface area contributed by atoms with Gasteiger partial charge in [-0.1, -0.05) is 0 Å². The normalized spacial score (nSPS) is 10.5. The molecule has 1 heterocycles. The number of rotatable bonds is 5. The number of amides is 1. The number of hydrogen-bond donors (Lipinski definition) is 1. The second kappa shape index (κ2) is 7.03. The Balaban J connectivity index is 2.16. The lowest BCUT2D eigenvalue weighted by Crippen LogP contribution is -2.13. The molecule has 2 aromatic rings. The van der Waals surface area contributed by atoms with E-state index in [0.717, 1.165) is 0 Å². The Morgan fingerprint density at radius 2 is 2.00 bits per heavy atom. The lowest BCUT2D eigenvalue weighted by Gasteiger charge is -2.09. The van der Waals surface area contributed by atoms with Crippen molar-refractivity contribution in [1.82, 2.24) is 4.98 Å². The molecule has 1 aromatic heterocycles. The van der Waals surface area contributed by atoms with Gasteiger partial charge in [-0.25, -0.2) is 4.98 Å². The summed E-state index contributed by atoms with van der Waals surface area (Å²) in [5.41, 5.74) is 0.649. The number of methoxy groups -OCH3 is 1. The van der Waals surface area contributed by atoms with E-state index in [2.05, 4.69) is 10.3 Å². The molecule has 0 bridgehead atoms. The number of nitrogens with one attached hydrogen (secondary N) is 1. The van der Waals surface area contributed by atoms with E-state index in [1.165, 1.54) is 25.4 Å². The quantitative estimate of drug-likeness (QED) is 0.856. The van der Waals surface area contributed by atoms with Gasteiger partial charge in [0, 0.05) is 11.9 Å². The van der Waals surface area contributed by atoms with Crippen molar-refractivity contribution >= 4 is 23.4 Å². The van der Waals surface area contributed by atoms with Crippen LogP contribution >= 0.6 is 11.8 Å². The third kappa shape index (κ3) is 4.16. The van der Waals surface area contributed by atoms with Crippen LogP contribution in [0.15, 0.2) is 47.6 Å². The van der Waals surface area contributed by atoms with Gasteiger partial charge in [-0.2, -0.15) is 8.78 Å². The number of carbonyl (C=O) groups is 1. The SMILES string of the molecule is COc1ccc(NC(=O)c2cccnc2SC(F)F)cc1. The van der Waals surface area contributed by atoms with Gasteiger partial charge in [-0.05, 0) is 48.2 Å². The van der Waals surface area contributed by atoms with E-state index in [0.29, 0.717) is 11.4 Å². The Kier molecular flexibility index (Phi) is 5.10. The molecule has 0 aliphatic carbocycles. The predicted molar refractivity (Wildman–Crippen MR) is 77.0 cm³/mol. The van der Waals surface area contributed by atoms with Crippen LogP contribution in [0.4, 0.5) is 14.5 Å². The Morgan fingerprint density at radius 1 is 1.29 bits per heavy atom. The molecule has 21 heavy (non-hydrogen) atoms. The van der Waals surface area contributed by atoms with Crippen LogP contribution in [0.3, 0.4) is 0 Å².